The first-order valence-corrected chi connectivity index (χ1v) is 10.2. The molecule has 4 nitrogen and oxygen atoms in total. The first kappa shape index (κ1) is 19.5. The van der Waals surface area contributed by atoms with E-state index in [1.165, 1.54) is 5.57 Å². The van der Waals surface area contributed by atoms with Crippen molar-refractivity contribution in [3.63, 3.8) is 0 Å². The van der Waals surface area contributed by atoms with Crippen LogP contribution in [-0.2, 0) is 4.79 Å². The number of ketones is 1. The fourth-order valence-corrected chi connectivity index (χ4v) is 3.93. The number of hydrogen-bond acceptors (Lipinski definition) is 2. The van der Waals surface area contributed by atoms with Crippen molar-refractivity contribution in [2.45, 2.75) is 26.2 Å². The highest BCUT2D eigenvalue weighted by Crippen LogP contribution is 2.31. The number of carbonyl (C=O) groups is 2. The molecule has 0 radical (unpaired) electrons. The number of carbonyl (C=O) groups excluding carboxylic acids is 2. The lowest BCUT2D eigenvalue weighted by molar-refractivity contribution is -0.130. The zero-order chi connectivity index (χ0) is 20.4. The van der Waals surface area contributed by atoms with E-state index in [4.69, 9.17) is 11.6 Å². The number of hydrogen-bond donors (Lipinski definition) is 1. The second kappa shape index (κ2) is 8.26. The van der Waals surface area contributed by atoms with Gasteiger partial charge in [-0.05, 0) is 37.1 Å². The molecule has 29 heavy (non-hydrogen) atoms. The third kappa shape index (κ3) is 4.28. The zero-order valence-electron chi connectivity index (χ0n) is 16.4. The fourth-order valence-electron chi connectivity index (χ4n) is 3.76. The number of Topliss-reactive ketones (excluding diaryl/α,β-unsaturated/α-hetero) is 1. The highest BCUT2D eigenvalue weighted by atomic mass is 35.5. The van der Waals surface area contributed by atoms with Gasteiger partial charge < -0.3 is 9.88 Å². The van der Waals surface area contributed by atoms with Crippen molar-refractivity contribution in [2.75, 3.05) is 13.1 Å². The van der Waals surface area contributed by atoms with E-state index in [1.807, 2.05) is 60.5 Å². The number of aromatic amines is 1. The standard InChI is InChI=1S/C24H23ClN2O2/c1-16-2-4-18(5-3-16)23(28)8-9-24(29)27-12-10-17(11-13-27)21-15-26-22-7-6-19(25)14-20(21)22/h2-7,10,14-15,26H,8-9,11-13H2,1H3. The average Bonchev–Trinajstić information content (AvgIpc) is 3.15. The summed E-state index contributed by atoms with van der Waals surface area (Å²) < 4.78 is 0. The SMILES string of the molecule is Cc1ccc(C(=O)CCC(=O)N2CC=C(c3c[nH]c4ccc(Cl)cc34)CC2)cc1. The number of halogens is 1. The maximum atomic E-state index is 12.6. The Morgan fingerprint density at radius 3 is 2.62 bits per heavy atom. The molecule has 1 N–H and O–H groups in total. The number of H-pyrrole nitrogens is 1. The van der Waals surface area contributed by atoms with Crippen LogP contribution >= 0.6 is 11.6 Å². The number of fused-ring (bicyclic) bond motifs is 1. The minimum Gasteiger partial charge on any atom is -0.361 e. The molecule has 3 aromatic rings. The molecule has 1 amide bonds. The smallest absolute Gasteiger partial charge is 0.223 e. The van der Waals surface area contributed by atoms with E-state index in [1.54, 1.807) is 0 Å². The molecule has 1 aromatic heterocycles. The van der Waals surface area contributed by atoms with Gasteiger partial charge in [-0.1, -0.05) is 47.5 Å². The number of aryl methyl sites for hydroxylation is 1. The molecule has 0 atom stereocenters. The Morgan fingerprint density at radius 1 is 1.10 bits per heavy atom. The quantitative estimate of drug-likeness (QED) is 0.576. The number of benzene rings is 2. The van der Waals surface area contributed by atoms with Crippen LogP contribution in [0.25, 0.3) is 16.5 Å². The lowest BCUT2D eigenvalue weighted by Crippen LogP contribution is -2.34. The lowest BCUT2D eigenvalue weighted by Gasteiger charge is -2.26. The van der Waals surface area contributed by atoms with Gasteiger partial charge in [0, 0.05) is 59.2 Å². The van der Waals surface area contributed by atoms with Crippen LogP contribution in [0.4, 0.5) is 0 Å². The van der Waals surface area contributed by atoms with Crippen molar-refractivity contribution in [1.82, 2.24) is 9.88 Å². The van der Waals surface area contributed by atoms with Gasteiger partial charge in [-0.25, -0.2) is 0 Å². The molecule has 2 aromatic carbocycles. The highest BCUT2D eigenvalue weighted by molar-refractivity contribution is 6.31. The van der Waals surface area contributed by atoms with E-state index >= 15 is 0 Å². The Kier molecular flexibility index (Phi) is 5.54. The predicted molar refractivity (Wildman–Crippen MR) is 117 cm³/mol. The van der Waals surface area contributed by atoms with Crippen molar-refractivity contribution in [1.29, 1.82) is 0 Å². The number of nitrogens with zero attached hydrogens (tertiary/aromatic N) is 1. The van der Waals surface area contributed by atoms with Crippen LogP contribution in [0, 0.1) is 6.92 Å². The lowest BCUT2D eigenvalue weighted by atomic mass is 9.98. The molecule has 0 bridgehead atoms. The summed E-state index contributed by atoms with van der Waals surface area (Å²) in [5.41, 5.74) is 5.20. The van der Waals surface area contributed by atoms with Gasteiger partial charge >= 0.3 is 0 Å². The summed E-state index contributed by atoms with van der Waals surface area (Å²) in [6, 6.07) is 13.3. The summed E-state index contributed by atoms with van der Waals surface area (Å²) in [7, 11) is 0. The fraction of sp³-hybridized carbons (Fsp3) is 0.250. The Hall–Kier alpha value is -2.85. The van der Waals surface area contributed by atoms with E-state index in [2.05, 4.69) is 11.1 Å². The van der Waals surface area contributed by atoms with Gasteiger partial charge in [0.05, 0.1) is 0 Å². The molecule has 0 unspecified atom stereocenters. The van der Waals surface area contributed by atoms with Crippen molar-refractivity contribution < 1.29 is 9.59 Å². The van der Waals surface area contributed by atoms with Gasteiger partial charge in [0.2, 0.25) is 5.91 Å². The number of rotatable bonds is 5. The van der Waals surface area contributed by atoms with Crippen LogP contribution in [0.15, 0.2) is 54.7 Å². The van der Waals surface area contributed by atoms with Crippen LogP contribution in [-0.4, -0.2) is 34.7 Å². The first-order chi connectivity index (χ1) is 14.0. The molecule has 5 heteroatoms. The van der Waals surface area contributed by atoms with Crippen LogP contribution in [0.3, 0.4) is 0 Å². The van der Waals surface area contributed by atoms with E-state index < -0.39 is 0 Å². The molecule has 2 heterocycles. The molecule has 4 rings (SSSR count). The third-order valence-electron chi connectivity index (χ3n) is 5.49. The molecular weight excluding hydrogens is 384 g/mol. The van der Waals surface area contributed by atoms with Gasteiger partial charge in [0.15, 0.2) is 5.78 Å². The van der Waals surface area contributed by atoms with Crippen molar-refractivity contribution in [3.8, 4) is 0 Å². The molecule has 0 saturated heterocycles. The van der Waals surface area contributed by atoms with E-state index in [0.717, 1.165) is 28.5 Å². The topological polar surface area (TPSA) is 53.2 Å². The number of nitrogens with one attached hydrogen (secondary N) is 1. The van der Waals surface area contributed by atoms with Crippen molar-refractivity contribution >= 4 is 39.8 Å². The molecule has 1 aliphatic heterocycles. The Labute approximate surface area is 175 Å². The monoisotopic (exact) mass is 406 g/mol. The van der Waals surface area contributed by atoms with Crippen LogP contribution in [0.1, 0.15) is 40.7 Å². The average molecular weight is 407 g/mol. The normalized spacial score (nSPS) is 14.1. The van der Waals surface area contributed by atoms with Gasteiger partial charge in [-0.3, -0.25) is 9.59 Å². The largest absolute Gasteiger partial charge is 0.361 e. The summed E-state index contributed by atoms with van der Waals surface area (Å²) in [5, 5.41) is 1.82. The Morgan fingerprint density at radius 2 is 1.90 bits per heavy atom. The highest BCUT2D eigenvalue weighted by Gasteiger charge is 2.20. The molecule has 0 saturated carbocycles. The molecule has 0 fully saturated rings. The maximum absolute atomic E-state index is 12.6. The predicted octanol–water partition coefficient (Wildman–Crippen LogP) is 5.41. The first-order valence-electron chi connectivity index (χ1n) is 9.85. The van der Waals surface area contributed by atoms with Crippen LogP contribution < -0.4 is 0 Å². The number of amides is 1. The number of aromatic nitrogens is 1. The van der Waals surface area contributed by atoms with Gasteiger partial charge in [-0.2, -0.15) is 0 Å². The van der Waals surface area contributed by atoms with Gasteiger partial charge in [0.1, 0.15) is 0 Å². The summed E-state index contributed by atoms with van der Waals surface area (Å²) in [6.45, 7) is 3.22. The van der Waals surface area contributed by atoms with E-state index in [9.17, 15) is 9.59 Å². The maximum Gasteiger partial charge on any atom is 0.223 e. The Balaban J connectivity index is 1.37. The molecular formula is C24H23ClN2O2. The summed E-state index contributed by atoms with van der Waals surface area (Å²) in [6.07, 6.45) is 5.39. The van der Waals surface area contributed by atoms with Gasteiger partial charge in [0.25, 0.3) is 0 Å². The van der Waals surface area contributed by atoms with Crippen LogP contribution in [0.2, 0.25) is 5.02 Å². The van der Waals surface area contributed by atoms with Crippen LogP contribution in [0.5, 0.6) is 0 Å². The van der Waals surface area contributed by atoms with Crippen molar-refractivity contribution in [2.24, 2.45) is 0 Å². The molecule has 1 aliphatic rings. The van der Waals surface area contributed by atoms with Crippen molar-refractivity contribution in [3.05, 3.63) is 76.5 Å². The van der Waals surface area contributed by atoms with E-state index in [0.29, 0.717) is 23.7 Å². The third-order valence-corrected chi connectivity index (χ3v) is 5.73. The summed E-state index contributed by atoms with van der Waals surface area (Å²) in [5.74, 6) is 0.0463. The van der Waals surface area contributed by atoms with Gasteiger partial charge in [-0.15, -0.1) is 0 Å². The minimum atomic E-state index is 0.0160. The minimum absolute atomic E-state index is 0.0160. The summed E-state index contributed by atoms with van der Waals surface area (Å²) >= 11 is 6.15. The molecule has 0 spiro atoms. The van der Waals surface area contributed by atoms with E-state index in [-0.39, 0.29) is 24.5 Å². The second-order valence-corrected chi connectivity index (χ2v) is 7.94. The molecule has 148 valence electrons. The zero-order valence-corrected chi connectivity index (χ0v) is 17.1. The summed E-state index contributed by atoms with van der Waals surface area (Å²) in [4.78, 5) is 30.0. The Bertz CT molecular complexity index is 1100. The second-order valence-electron chi connectivity index (χ2n) is 7.50. The molecule has 0 aliphatic carbocycles.